The second kappa shape index (κ2) is 15.1. The number of amides is 3. The summed E-state index contributed by atoms with van der Waals surface area (Å²) in [6.07, 6.45) is 6.92. The Balaban J connectivity index is 0.000000165. The van der Waals surface area contributed by atoms with Gasteiger partial charge in [0, 0.05) is 38.1 Å². The number of nitrogens with zero attached hydrogens (tertiary/aromatic N) is 9. The molecule has 1 aromatic carbocycles. The molecule has 5 aromatic rings. The summed E-state index contributed by atoms with van der Waals surface area (Å²) in [6, 6.07) is 6.59. The molecule has 1 unspecified atom stereocenters. The summed E-state index contributed by atoms with van der Waals surface area (Å²) < 4.78 is 72.7. The lowest BCUT2D eigenvalue weighted by Crippen LogP contribution is -2.70. The number of hydrogen-bond acceptors (Lipinski definition) is 10. The van der Waals surface area contributed by atoms with E-state index < -0.39 is 46.8 Å². The van der Waals surface area contributed by atoms with E-state index in [1.165, 1.54) is 34.6 Å². The molecule has 9 rings (SSSR count). The van der Waals surface area contributed by atoms with Crippen molar-refractivity contribution in [1.29, 1.82) is 0 Å². The molecular weight excluding hydrogens is 781 g/mol. The number of piperidine rings is 2. The Morgan fingerprint density at radius 3 is 2.46 bits per heavy atom. The molecule has 3 saturated heterocycles. The number of aryl methyl sites for hydroxylation is 1. The van der Waals surface area contributed by atoms with E-state index in [0.29, 0.717) is 47.4 Å². The van der Waals surface area contributed by atoms with Crippen LogP contribution in [-0.2, 0) is 22.8 Å². The summed E-state index contributed by atoms with van der Waals surface area (Å²) in [5.41, 5.74) is -0.485. The Labute approximate surface area is 333 Å². The largest absolute Gasteiger partial charge is 0.434 e. The molecule has 1 aliphatic carbocycles. The van der Waals surface area contributed by atoms with Gasteiger partial charge in [-0.15, -0.1) is 0 Å². The molecule has 3 aliphatic heterocycles. The summed E-state index contributed by atoms with van der Waals surface area (Å²) in [6.45, 7) is 0.850. The van der Waals surface area contributed by atoms with Gasteiger partial charge in [-0.2, -0.15) is 18.3 Å². The summed E-state index contributed by atoms with van der Waals surface area (Å²) in [5, 5.41) is 10.1. The van der Waals surface area contributed by atoms with E-state index in [1.54, 1.807) is 37.2 Å². The monoisotopic (exact) mass is 823 g/mol. The van der Waals surface area contributed by atoms with Gasteiger partial charge < -0.3 is 15.1 Å². The first-order valence-electron chi connectivity index (χ1n) is 19.4. The normalized spacial score (nSPS) is 20.9. The van der Waals surface area contributed by atoms with Crippen molar-refractivity contribution in [2.24, 2.45) is 12.5 Å². The Hall–Kier alpha value is -5.79. The Kier molecular flexibility index (Phi) is 10.2. The number of imidazole rings is 1. The summed E-state index contributed by atoms with van der Waals surface area (Å²) in [4.78, 5) is 63.7. The number of halogens is 5. The zero-order chi connectivity index (χ0) is 41.9. The molecule has 3 amide bonds. The SMILES string of the molecule is CN1CCC2(CN(c3cccc4c3n(C)c(=O)n4C3CCC(=O)NC3=O)C2)C(F)(F)C1.O=C(Nc1cc2cn(C3CCCCC3)nc2cn1)c1cncc(C(F)(F)F)n1. The van der Waals surface area contributed by atoms with E-state index in [0.717, 1.165) is 24.4 Å². The van der Waals surface area contributed by atoms with Crippen LogP contribution in [0.5, 0.6) is 0 Å². The van der Waals surface area contributed by atoms with Crippen LogP contribution in [-0.4, -0.2) is 95.6 Å². The first kappa shape index (κ1) is 40.0. The molecule has 15 nitrogen and oxygen atoms in total. The Morgan fingerprint density at radius 1 is 0.983 bits per heavy atom. The second-order valence-electron chi connectivity index (χ2n) is 15.9. The minimum absolute atomic E-state index is 0.164. The number of para-hydroxylation sites is 1. The molecule has 1 spiro atoms. The highest BCUT2D eigenvalue weighted by Crippen LogP contribution is 2.51. The van der Waals surface area contributed by atoms with Gasteiger partial charge in [0.05, 0.1) is 53.3 Å². The van der Waals surface area contributed by atoms with Crippen LogP contribution in [0.1, 0.15) is 79.6 Å². The van der Waals surface area contributed by atoms with Gasteiger partial charge in [0.25, 0.3) is 11.8 Å². The van der Waals surface area contributed by atoms with Crippen molar-refractivity contribution in [3.63, 3.8) is 0 Å². The Morgan fingerprint density at radius 2 is 1.75 bits per heavy atom. The van der Waals surface area contributed by atoms with Gasteiger partial charge in [-0.3, -0.25) is 38.5 Å². The van der Waals surface area contributed by atoms with Gasteiger partial charge in [0.15, 0.2) is 5.69 Å². The van der Waals surface area contributed by atoms with E-state index in [9.17, 15) is 41.1 Å². The molecule has 4 aromatic heterocycles. The fourth-order valence-corrected chi connectivity index (χ4v) is 8.66. The fraction of sp³-hybridized carbons (Fsp3) is 0.487. The molecule has 1 atom stereocenters. The Bertz CT molecular complexity index is 2500. The lowest BCUT2D eigenvalue weighted by atomic mass is 9.69. The molecule has 4 aliphatic rings. The standard InChI is InChI=1S/C21H25F2N5O3.C18H17F3N6O/c1-25-9-8-20(21(22,23)12-25)10-27(11-20)13-4-3-5-14-17(13)26(2)19(31)28(14)15-6-7-16(29)24-18(15)30;19-18(20,21)15-9-22-7-14(24-15)17(28)25-16-6-11-10-27(26-13(11)8-23-16)12-4-2-1-3-5-12/h3-5,15H,6-12H2,1-2H3,(H,24,29,30);6-10,12H,1-5H2,(H,25,28). The predicted octanol–water partition coefficient (Wildman–Crippen LogP) is 5.09. The predicted molar refractivity (Wildman–Crippen MR) is 205 cm³/mol. The van der Waals surface area contributed by atoms with E-state index in [4.69, 9.17) is 0 Å². The maximum atomic E-state index is 14.8. The van der Waals surface area contributed by atoms with E-state index in [1.807, 2.05) is 21.8 Å². The van der Waals surface area contributed by atoms with E-state index in [-0.39, 0.29) is 49.9 Å². The third kappa shape index (κ3) is 7.53. The summed E-state index contributed by atoms with van der Waals surface area (Å²) >= 11 is 0. The second-order valence-corrected chi connectivity index (χ2v) is 15.9. The molecule has 1 saturated carbocycles. The average molecular weight is 824 g/mol. The number of alkyl halides is 5. The van der Waals surface area contributed by atoms with Crippen LogP contribution in [0, 0.1) is 5.41 Å². The molecule has 4 fully saturated rings. The number of hydrogen-bond donors (Lipinski definition) is 2. The number of aromatic nitrogens is 7. The van der Waals surface area contributed by atoms with Crippen LogP contribution in [0.2, 0.25) is 0 Å². The lowest BCUT2D eigenvalue weighted by molar-refractivity contribution is -0.175. The number of imide groups is 1. The summed E-state index contributed by atoms with van der Waals surface area (Å²) in [5.74, 6) is -4.22. The third-order valence-electron chi connectivity index (χ3n) is 11.9. The molecule has 2 N–H and O–H groups in total. The molecule has 0 radical (unpaired) electrons. The highest BCUT2D eigenvalue weighted by Gasteiger charge is 2.62. The number of carbonyl (C=O) groups is 3. The first-order valence-corrected chi connectivity index (χ1v) is 19.4. The highest BCUT2D eigenvalue weighted by atomic mass is 19.4. The number of anilines is 2. The summed E-state index contributed by atoms with van der Waals surface area (Å²) in [7, 11) is 3.34. The number of fused-ring (bicyclic) bond motifs is 2. The van der Waals surface area contributed by atoms with E-state index in [2.05, 4.69) is 30.7 Å². The van der Waals surface area contributed by atoms with E-state index >= 15 is 0 Å². The van der Waals surface area contributed by atoms with Gasteiger partial charge in [0.1, 0.15) is 23.1 Å². The van der Waals surface area contributed by atoms with Crippen LogP contribution in [0.4, 0.5) is 33.5 Å². The maximum absolute atomic E-state index is 14.8. The quantitative estimate of drug-likeness (QED) is 0.180. The van der Waals surface area contributed by atoms with Gasteiger partial charge in [-0.25, -0.2) is 23.5 Å². The van der Waals surface area contributed by atoms with Crippen LogP contribution in [0.3, 0.4) is 0 Å². The van der Waals surface area contributed by atoms with Crippen LogP contribution >= 0.6 is 0 Å². The van der Waals surface area contributed by atoms with Crippen LogP contribution < -0.4 is 21.2 Å². The fourth-order valence-electron chi connectivity index (χ4n) is 8.66. The van der Waals surface area contributed by atoms with Crippen molar-refractivity contribution >= 4 is 51.2 Å². The minimum atomic E-state index is -4.67. The van der Waals surface area contributed by atoms with Gasteiger partial charge in [-0.05, 0) is 57.5 Å². The van der Waals surface area contributed by atoms with Crippen molar-refractivity contribution in [2.75, 3.05) is 43.4 Å². The van der Waals surface area contributed by atoms with Gasteiger partial charge >= 0.3 is 11.9 Å². The average Bonchev–Trinajstić information content (AvgIpc) is 3.72. The van der Waals surface area contributed by atoms with Crippen molar-refractivity contribution in [2.45, 2.75) is 75.5 Å². The number of likely N-dealkylation sites (tertiary alicyclic amines) is 1. The molecule has 20 heteroatoms. The maximum Gasteiger partial charge on any atom is 0.434 e. The lowest BCUT2D eigenvalue weighted by Gasteiger charge is -2.58. The number of carbonyl (C=O) groups excluding carboxylic acids is 3. The first-order chi connectivity index (χ1) is 28.0. The number of nitrogens with one attached hydrogen (secondary N) is 2. The van der Waals surface area contributed by atoms with Crippen molar-refractivity contribution in [3.05, 3.63) is 70.9 Å². The highest BCUT2D eigenvalue weighted by molar-refractivity contribution is 6.03. The topological polar surface area (TPSA) is 165 Å². The smallest absolute Gasteiger partial charge is 0.368 e. The van der Waals surface area contributed by atoms with Crippen LogP contribution in [0.25, 0.3) is 21.9 Å². The zero-order valence-electron chi connectivity index (χ0n) is 32.3. The minimum Gasteiger partial charge on any atom is -0.368 e. The van der Waals surface area contributed by atoms with Crippen molar-refractivity contribution in [3.8, 4) is 0 Å². The molecular formula is C39H42F5N11O4. The number of benzene rings is 1. The van der Waals surface area contributed by atoms with Crippen LogP contribution in [0.15, 0.2) is 53.8 Å². The van der Waals surface area contributed by atoms with Crippen molar-refractivity contribution < 1.29 is 36.3 Å². The zero-order valence-corrected chi connectivity index (χ0v) is 32.3. The third-order valence-corrected chi connectivity index (χ3v) is 11.9. The number of pyridine rings is 1. The molecule has 7 heterocycles. The van der Waals surface area contributed by atoms with Gasteiger partial charge in [0.2, 0.25) is 11.8 Å². The van der Waals surface area contributed by atoms with Crippen molar-refractivity contribution in [1.82, 2.24) is 44.1 Å². The molecule has 312 valence electrons. The molecule has 0 bridgehead atoms. The molecule has 59 heavy (non-hydrogen) atoms. The van der Waals surface area contributed by atoms with Gasteiger partial charge in [-0.1, -0.05) is 25.3 Å². The number of rotatable bonds is 5.